The molecule has 6 rings (SSSR count). The standard InChI is InChI=1S/C41H44F6N8O5S/c1-39(2)37(59)54(29-18-32(40(42,43)44)33(20-49)50-21-29)38(61)55(39)28-4-6-31(7-5-28)60-12-11-52-9-10-53(34(23-52)41(45,46)47)22-30(56)17-25-13-24(14-26(15-25)19-48)16-27-3-8-35(57)51-36(27)58/h13-15,18,21,27-28,31,34H,3-12,16-17,22-23H2,1-2H3,(H,51,57,58)/t27?,28?,31?,34-/m1/s1. The van der Waals surface area contributed by atoms with E-state index in [1.54, 1.807) is 35.8 Å². The Morgan fingerprint density at radius 1 is 0.984 bits per heavy atom. The maximum Gasteiger partial charge on any atom is 0.419 e. The van der Waals surface area contributed by atoms with Gasteiger partial charge in [0, 0.05) is 51.0 Å². The van der Waals surface area contributed by atoms with Crippen molar-refractivity contribution in [2.45, 2.75) is 101 Å². The first-order valence-corrected chi connectivity index (χ1v) is 20.3. The minimum absolute atomic E-state index is 0.0165. The van der Waals surface area contributed by atoms with Crippen LogP contribution in [0.3, 0.4) is 0 Å². The Balaban J connectivity index is 0.988. The van der Waals surface area contributed by atoms with Crippen molar-refractivity contribution in [3.63, 3.8) is 0 Å². The zero-order valence-corrected chi connectivity index (χ0v) is 34.3. The van der Waals surface area contributed by atoms with Crippen LogP contribution in [0.4, 0.5) is 32.0 Å². The number of nitrogens with one attached hydrogen (secondary N) is 1. The average Bonchev–Trinajstić information content (AvgIpc) is 3.37. The molecule has 326 valence electrons. The molecule has 4 heterocycles. The first kappa shape index (κ1) is 45.5. The van der Waals surface area contributed by atoms with Crippen LogP contribution < -0.4 is 10.2 Å². The smallest absolute Gasteiger partial charge is 0.377 e. The molecule has 0 radical (unpaired) electrons. The number of hydrogen-bond donors (Lipinski definition) is 1. The quantitative estimate of drug-likeness (QED) is 0.176. The molecular formula is C41H44F6N8O5S. The van der Waals surface area contributed by atoms with Crippen molar-refractivity contribution in [3.8, 4) is 12.1 Å². The third-order valence-corrected chi connectivity index (χ3v) is 12.2. The van der Waals surface area contributed by atoms with E-state index in [9.17, 15) is 50.8 Å². The van der Waals surface area contributed by atoms with Gasteiger partial charge in [0.15, 0.2) is 16.6 Å². The number of amides is 3. The number of ketones is 1. The van der Waals surface area contributed by atoms with E-state index in [1.807, 2.05) is 6.07 Å². The monoisotopic (exact) mass is 874 g/mol. The van der Waals surface area contributed by atoms with Gasteiger partial charge in [-0.15, -0.1) is 0 Å². The number of piperazine rings is 1. The first-order chi connectivity index (χ1) is 28.7. The second kappa shape index (κ2) is 18.1. The van der Waals surface area contributed by atoms with E-state index < -0.39 is 65.3 Å². The number of hydrogen-bond acceptors (Lipinski definition) is 11. The molecule has 3 saturated heterocycles. The molecule has 0 spiro atoms. The molecule has 20 heteroatoms. The number of piperidine rings is 1. The number of imide groups is 1. The number of nitrogens with zero attached hydrogens (tertiary/aromatic N) is 7. The largest absolute Gasteiger partial charge is 0.419 e. The van der Waals surface area contributed by atoms with Gasteiger partial charge in [-0.3, -0.25) is 39.2 Å². The van der Waals surface area contributed by atoms with E-state index in [1.165, 1.54) is 12.1 Å². The lowest BCUT2D eigenvalue weighted by Crippen LogP contribution is -2.60. The second-order valence-electron chi connectivity index (χ2n) is 16.4. The van der Waals surface area contributed by atoms with Crippen molar-refractivity contribution in [1.29, 1.82) is 10.5 Å². The fourth-order valence-corrected chi connectivity index (χ4v) is 9.27. The van der Waals surface area contributed by atoms with E-state index in [-0.39, 0.29) is 86.5 Å². The molecule has 4 fully saturated rings. The van der Waals surface area contributed by atoms with Crippen molar-refractivity contribution < 1.29 is 50.3 Å². The molecule has 0 bridgehead atoms. The van der Waals surface area contributed by atoms with Gasteiger partial charge >= 0.3 is 12.4 Å². The zero-order valence-electron chi connectivity index (χ0n) is 33.4. The van der Waals surface area contributed by atoms with Gasteiger partial charge in [-0.2, -0.15) is 36.9 Å². The summed E-state index contributed by atoms with van der Waals surface area (Å²) in [7, 11) is 0. The van der Waals surface area contributed by atoms with E-state index in [4.69, 9.17) is 22.2 Å². The fourth-order valence-electron chi connectivity index (χ4n) is 8.71. The maximum absolute atomic E-state index is 14.4. The summed E-state index contributed by atoms with van der Waals surface area (Å²) in [6, 6.07) is 6.76. The number of anilines is 1. The van der Waals surface area contributed by atoms with Gasteiger partial charge < -0.3 is 9.64 Å². The van der Waals surface area contributed by atoms with Crippen LogP contribution in [0.1, 0.15) is 80.3 Å². The highest BCUT2D eigenvalue weighted by atomic mass is 32.1. The number of pyridine rings is 1. The predicted octanol–water partition coefficient (Wildman–Crippen LogP) is 4.84. The van der Waals surface area contributed by atoms with Crippen LogP contribution in [-0.2, 0) is 42.9 Å². The molecule has 3 amide bonds. The summed E-state index contributed by atoms with van der Waals surface area (Å²) in [5, 5.41) is 21.0. The third kappa shape index (κ3) is 10.4. The van der Waals surface area contributed by atoms with E-state index in [0.717, 1.165) is 16.0 Å². The summed E-state index contributed by atoms with van der Waals surface area (Å²) >= 11 is 5.65. The lowest BCUT2D eigenvalue weighted by atomic mass is 9.89. The third-order valence-electron chi connectivity index (χ3n) is 11.8. The Hall–Kier alpha value is -5.02. The van der Waals surface area contributed by atoms with Gasteiger partial charge in [-0.25, -0.2) is 4.98 Å². The molecule has 1 aliphatic carbocycles. The van der Waals surface area contributed by atoms with Crippen LogP contribution in [-0.4, -0.2) is 118 Å². The summed E-state index contributed by atoms with van der Waals surface area (Å²) in [6.45, 7) is 3.08. The van der Waals surface area contributed by atoms with E-state index >= 15 is 0 Å². The first-order valence-electron chi connectivity index (χ1n) is 19.9. The highest BCUT2D eigenvalue weighted by Crippen LogP contribution is 2.40. The Morgan fingerprint density at radius 3 is 2.33 bits per heavy atom. The van der Waals surface area contributed by atoms with E-state index in [0.29, 0.717) is 49.3 Å². The fraction of sp³-hybridized carbons (Fsp3) is 0.561. The number of nitriles is 2. The maximum atomic E-state index is 14.4. The van der Waals surface area contributed by atoms with Gasteiger partial charge in [0.1, 0.15) is 17.6 Å². The Labute approximate surface area is 353 Å². The highest BCUT2D eigenvalue weighted by molar-refractivity contribution is 7.80. The van der Waals surface area contributed by atoms with Gasteiger partial charge in [-0.05, 0) is 93.9 Å². The molecule has 1 aromatic heterocycles. The number of Topliss-reactive ketones (excluding diaryl/α,β-unsaturated/α-hetero) is 1. The minimum Gasteiger partial charge on any atom is -0.377 e. The van der Waals surface area contributed by atoms with Crippen LogP contribution in [0.5, 0.6) is 0 Å². The zero-order chi connectivity index (χ0) is 44.4. The normalized spacial score (nSPS) is 24.1. The van der Waals surface area contributed by atoms with Crippen molar-refractivity contribution in [1.82, 2.24) is 25.0 Å². The van der Waals surface area contributed by atoms with Crippen LogP contribution in [0.15, 0.2) is 30.5 Å². The van der Waals surface area contributed by atoms with Crippen molar-refractivity contribution in [2.75, 3.05) is 44.2 Å². The molecule has 1 N–H and O–H groups in total. The number of halogens is 6. The summed E-state index contributed by atoms with van der Waals surface area (Å²) in [6.07, 6.45) is -6.00. The lowest BCUT2D eigenvalue weighted by molar-refractivity contribution is -0.197. The van der Waals surface area contributed by atoms with Crippen molar-refractivity contribution >= 4 is 46.5 Å². The number of ether oxygens (including phenoxy) is 1. The SMILES string of the molecule is CC1(C)C(=O)N(c2cnc(C#N)c(C(F)(F)F)c2)C(=S)N1C1CCC(OCCN2CCN(CC(=O)Cc3cc(C#N)cc(CC4CCC(=O)NC4=O)c3)[C@@H](C(F)(F)F)C2)CC1. The summed E-state index contributed by atoms with van der Waals surface area (Å²) < 4.78 is 90.3. The van der Waals surface area contributed by atoms with Gasteiger partial charge in [0.2, 0.25) is 11.8 Å². The Morgan fingerprint density at radius 2 is 1.69 bits per heavy atom. The van der Waals surface area contributed by atoms with Gasteiger partial charge in [0.25, 0.3) is 5.91 Å². The topological polar surface area (TPSA) is 163 Å². The molecule has 2 aromatic rings. The van der Waals surface area contributed by atoms with Crippen LogP contribution in [0.2, 0.25) is 0 Å². The van der Waals surface area contributed by atoms with Crippen molar-refractivity contribution in [3.05, 3.63) is 58.4 Å². The molecule has 1 aromatic carbocycles. The molecule has 13 nitrogen and oxygen atoms in total. The Kier molecular flexibility index (Phi) is 13.5. The molecule has 4 aliphatic rings. The van der Waals surface area contributed by atoms with Crippen LogP contribution >= 0.6 is 12.2 Å². The highest BCUT2D eigenvalue weighted by Gasteiger charge is 2.53. The summed E-state index contributed by atoms with van der Waals surface area (Å²) in [4.78, 5) is 59.7. The van der Waals surface area contributed by atoms with Crippen molar-refractivity contribution in [2.24, 2.45) is 5.92 Å². The Bertz CT molecular complexity index is 2150. The van der Waals surface area contributed by atoms with E-state index in [2.05, 4.69) is 10.3 Å². The molecule has 1 saturated carbocycles. The van der Waals surface area contributed by atoms with Crippen LogP contribution in [0.25, 0.3) is 0 Å². The number of thiocarbonyl (C=S) groups is 1. The lowest BCUT2D eigenvalue weighted by Gasteiger charge is -2.42. The number of aromatic nitrogens is 1. The van der Waals surface area contributed by atoms with Gasteiger partial charge in [-0.1, -0.05) is 6.07 Å². The average molecular weight is 875 g/mol. The number of rotatable bonds is 12. The molecule has 61 heavy (non-hydrogen) atoms. The van der Waals surface area contributed by atoms with Crippen LogP contribution in [0, 0.1) is 28.6 Å². The predicted molar refractivity (Wildman–Crippen MR) is 209 cm³/mol. The minimum atomic E-state index is -4.88. The molecule has 1 unspecified atom stereocenters. The summed E-state index contributed by atoms with van der Waals surface area (Å²) in [5.74, 6) is -2.26. The number of carbonyl (C=O) groups excluding carboxylic acids is 4. The molecular weight excluding hydrogens is 831 g/mol. The second-order valence-corrected chi connectivity index (χ2v) is 16.8. The number of carbonyl (C=O) groups is 4. The number of alkyl halides is 6. The molecule has 2 atom stereocenters. The molecule has 3 aliphatic heterocycles. The summed E-state index contributed by atoms with van der Waals surface area (Å²) in [5.41, 5.74) is -2.19. The number of benzene rings is 1. The van der Waals surface area contributed by atoms with Gasteiger partial charge in [0.05, 0.1) is 48.3 Å².